The van der Waals surface area contributed by atoms with Gasteiger partial charge in [-0.2, -0.15) is 12.6 Å². The van der Waals surface area contributed by atoms with Crippen molar-refractivity contribution in [2.75, 3.05) is 32.2 Å². The molecule has 24 heavy (non-hydrogen) atoms. The van der Waals surface area contributed by atoms with E-state index in [1.807, 2.05) is 32.0 Å². The van der Waals surface area contributed by atoms with Crippen LogP contribution in [0.4, 0.5) is 0 Å². The third-order valence-corrected chi connectivity index (χ3v) is 5.59. The third kappa shape index (κ3) is 10.1. The predicted octanol–water partition coefficient (Wildman–Crippen LogP) is 3.61. The summed E-state index contributed by atoms with van der Waals surface area (Å²) in [4.78, 5) is 0. The molecule has 0 fully saturated rings. The van der Waals surface area contributed by atoms with Crippen molar-refractivity contribution in [3.05, 3.63) is 28.2 Å². The Kier molecular flexibility index (Phi) is 13.0. The van der Waals surface area contributed by atoms with Gasteiger partial charge in [-0.3, -0.25) is 0 Å². The second-order valence-corrected chi connectivity index (χ2v) is 8.26. The first kappa shape index (κ1) is 22.0. The molecule has 0 saturated carbocycles. The van der Waals surface area contributed by atoms with E-state index in [1.54, 1.807) is 0 Å². The van der Waals surface area contributed by atoms with Crippen molar-refractivity contribution in [1.82, 2.24) is 0 Å². The molecule has 0 aliphatic carbocycles. The molecule has 0 radical (unpaired) electrons. The van der Waals surface area contributed by atoms with Gasteiger partial charge in [-0.15, -0.1) is 0 Å². The maximum atomic E-state index is 5.80. The molecule has 0 N–H and O–H groups in total. The van der Waals surface area contributed by atoms with Gasteiger partial charge >= 0.3 is 0 Å². The zero-order valence-electron chi connectivity index (χ0n) is 14.6. The third-order valence-electron chi connectivity index (χ3n) is 3.25. The standard InChI is InChI=1S/C17H29BrO4SSi/c1-3-20-14(2)12-19-13-15-5-6-16(18)17(11-15)21-7-8-22-24-10-4-9-23/h5-6,11,14,23H,3-4,7-10,12-13,24H2,1-2H3/t14-/m1/s1. The number of hydrogen-bond acceptors (Lipinski definition) is 5. The molecule has 1 atom stereocenters. The molecular weight excluding hydrogens is 408 g/mol. The number of halogens is 1. The Labute approximate surface area is 162 Å². The Balaban J connectivity index is 2.29. The normalized spacial score (nSPS) is 12.8. The Morgan fingerprint density at radius 1 is 1.29 bits per heavy atom. The summed E-state index contributed by atoms with van der Waals surface area (Å²) in [7, 11) is -0.414. The molecule has 1 aromatic carbocycles. The molecular formula is C17H29BrO4SSi. The zero-order chi connectivity index (χ0) is 17.6. The van der Waals surface area contributed by atoms with E-state index in [4.69, 9.17) is 18.6 Å². The van der Waals surface area contributed by atoms with Crippen molar-refractivity contribution < 1.29 is 18.6 Å². The molecule has 0 spiro atoms. The van der Waals surface area contributed by atoms with Crippen LogP contribution in [0.15, 0.2) is 22.7 Å². The molecule has 0 aromatic heterocycles. The summed E-state index contributed by atoms with van der Waals surface area (Å²) in [6.45, 7) is 7.07. The lowest BCUT2D eigenvalue weighted by Gasteiger charge is -2.13. The second kappa shape index (κ2) is 14.2. The van der Waals surface area contributed by atoms with E-state index in [1.165, 1.54) is 6.04 Å². The molecule has 0 aliphatic heterocycles. The first-order valence-electron chi connectivity index (χ1n) is 8.46. The Morgan fingerprint density at radius 3 is 2.88 bits per heavy atom. The van der Waals surface area contributed by atoms with Gasteiger partial charge in [0, 0.05) is 6.61 Å². The van der Waals surface area contributed by atoms with Crippen LogP contribution in [0.5, 0.6) is 5.75 Å². The summed E-state index contributed by atoms with van der Waals surface area (Å²) in [5, 5.41) is 0. The van der Waals surface area contributed by atoms with Crippen LogP contribution in [0, 0.1) is 0 Å². The summed E-state index contributed by atoms with van der Waals surface area (Å²) < 4.78 is 23.6. The summed E-state index contributed by atoms with van der Waals surface area (Å²) >= 11 is 7.72. The van der Waals surface area contributed by atoms with E-state index in [0.29, 0.717) is 33.0 Å². The van der Waals surface area contributed by atoms with Crippen molar-refractivity contribution >= 4 is 38.3 Å². The maximum absolute atomic E-state index is 5.80. The van der Waals surface area contributed by atoms with Crippen LogP contribution in [-0.4, -0.2) is 48.0 Å². The molecule has 0 amide bonds. The van der Waals surface area contributed by atoms with Gasteiger partial charge in [-0.1, -0.05) is 6.07 Å². The molecule has 0 aliphatic rings. The first-order valence-corrected chi connectivity index (χ1v) is 11.5. The van der Waals surface area contributed by atoms with E-state index in [-0.39, 0.29) is 6.10 Å². The van der Waals surface area contributed by atoms with Crippen molar-refractivity contribution in [1.29, 1.82) is 0 Å². The summed E-state index contributed by atoms with van der Waals surface area (Å²) in [5.41, 5.74) is 1.08. The highest BCUT2D eigenvalue weighted by Gasteiger charge is 2.05. The van der Waals surface area contributed by atoms with Crippen LogP contribution in [0.25, 0.3) is 0 Å². The lowest BCUT2D eigenvalue weighted by molar-refractivity contribution is -0.00716. The summed E-state index contributed by atoms with van der Waals surface area (Å²) in [6, 6.07) is 7.21. The van der Waals surface area contributed by atoms with Crippen LogP contribution in [0.2, 0.25) is 6.04 Å². The summed E-state index contributed by atoms with van der Waals surface area (Å²) in [6.07, 6.45) is 1.26. The minimum Gasteiger partial charge on any atom is -0.490 e. The van der Waals surface area contributed by atoms with E-state index in [9.17, 15) is 0 Å². The van der Waals surface area contributed by atoms with Crippen LogP contribution in [0.3, 0.4) is 0 Å². The van der Waals surface area contributed by atoms with Gasteiger partial charge < -0.3 is 18.6 Å². The topological polar surface area (TPSA) is 36.9 Å². The molecule has 0 bridgehead atoms. The van der Waals surface area contributed by atoms with Gasteiger partial charge in [0.2, 0.25) is 0 Å². The van der Waals surface area contributed by atoms with Crippen LogP contribution in [0.1, 0.15) is 25.8 Å². The molecule has 7 heteroatoms. The fraction of sp³-hybridized carbons (Fsp3) is 0.647. The lowest BCUT2D eigenvalue weighted by Crippen LogP contribution is -2.15. The van der Waals surface area contributed by atoms with Crippen LogP contribution < -0.4 is 4.74 Å². The summed E-state index contributed by atoms with van der Waals surface area (Å²) in [5.74, 6) is 1.77. The molecule has 138 valence electrons. The van der Waals surface area contributed by atoms with Crippen molar-refractivity contribution in [2.45, 2.75) is 39.0 Å². The lowest BCUT2D eigenvalue weighted by atomic mass is 10.2. The highest BCUT2D eigenvalue weighted by molar-refractivity contribution is 9.10. The van der Waals surface area contributed by atoms with Crippen LogP contribution >= 0.6 is 28.6 Å². The minimum absolute atomic E-state index is 0.116. The average Bonchev–Trinajstić information content (AvgIpc) is 2.57. The second-order valence-electron chi connectivity index (χ2n) is 5.44. The largest absolute Gasteiger partial charge is 0.490 e. The number of ether oxygens (including phenoxy) is 3. The Bertz CT molecular complexity index is 451. The average molecular weight is 437 g/mol. The zero-order valence-corrected chi connectivity index (χ0v) is 18.5. The van der Waals surface area contributed by atoms with Gasteiger partial charge in [0.05, 0.1) is 30.4 Å². The number of rotatable bonds is 14. The fourth-order valence-corrected chi connectivity index (χ4v) is 4.04. The van der Waals surface area contributed by atoms with E-state index in [0.717, 1.165) is 28.0 Å². The number of hydrogen-bond donors (Lipinski definition) is 1. The first-order chi connectivity index (χ1) is 11.7. The monoisotopic (exact) mass is 436 g/mol. The Hall–Kier alpha value is -0.0531. The van der Waals surface area contributed by atoms with Gasteiger partial charge in [-0.05, 0) is 65.7 Å². The van der Waals surface area contributed by atoms with Crippen LogP contribution in [-0.2, 0) is 20.5 Å². The minimum atomic E-state index is -0.414. The van der Waals surface area contributed by atoms with E-state index >= 15 is 0 Å². The maximum Gasteiger partial charge on any atom is 0.161 e. The van der Waals surface area contributed by atoms with Crippen molar-refractivity contribution in [2.24, 2.45) is 0 Å². The predicted molar refractivity (Wildman–Crippen MR) is 108 cm³/mol. The van der Waals surface area contributed by atoms with Gasteiger partial charge in [0.15, 0.2) is 9.76 Å². The highest BCUT2D eigenvalue weighted by atomic mass is 79.9. The smallest absolute Gasteiger partial charge is 0.161 e. The highest BCUT2D eigenvalue weighted by Crippen LogP contribution is 2.26. The molecule has 4 nitrogen and oxygen atoms in total. The quantitative estimate of drug-likeness (QED) is 0.274. The van der Waals surface area contributed by atoms with Crippen molar-refractivity contribution in [3.63, 3.8) is 0 Å². The van der Waals surface area contributed by atoms with Gasteiger partial charge in [0.25, 0.3) is 0 Å². The molecule has 0 unspecified atom stereocenters. The van der Waals surface area contributed by atoms with Crippen molar-refractivity contribution in [3.8, 4) is 5.75 Å². The molecule has 1 aromatic rings. The fourth-order valence-electron chi connectivity index (χ4n) is 2.05. The number of thiol groups is 1. The van der Waals surface area contributed by atoms with Gasteiger partial charge in [0.1, 0.15) is 12.4 Å². The number of benzene rings is 1. The van der Waals surface area contributed by atoms with E-state index < -0.39 is 9.76 Å². The molecule has 0 heterocycles. The van der Waals surface area contributed by atoms with Gasteiger partial charge in [-0.25, -0.2) is 0 Å². The van der Waals surface area contributed by atoms with E-state index in [2.05, 4.69) is 28.6 Å². The Morgan fingerprint density at radius 2 is 2.12 bits per heavy atom. The SMILES string of the molecule is CCO[C@H](C)COCc1ccc(Br)c(OCCO[SiH2]CCCS)c1. The molecule has 0 saturated heterocycles. The molecule has 1 rings (SSSR count).